The van der Waals surface area contributed by atoms with Crippen LogP contribution in [0.4, 0.5) is 4.79 Å². The third-order valence-corrected chi connectivity index (χ3v) is 2.69. The Morgan fingerprint density at radius 3 is 2.47 bits per heavy atom. The first-order chi connectivity index (χ1) is 8.67. The second-order valence-electron chi connectivity index (χ2n) is 5.51. The van der Waals surface area contributed by atoms with E-state index < -0.39 is 17.7 Å². The van der Waals surface area contributed by atoms with Gasteiger partial charge in [0.15, 0.2) is 0 Å². The normalized spacial score (nSPS) is 12.9. The first-order valence-corrected chi connectivity index (χ1v) is 6.07. The number of hydrogen-bond donors (Lipinski definition) is 0. The van der Waals surface area contributed by atoms with Gasteiger partial charge >= 0.3 is 6.09 Å². The molecule has 0 aliphatic rings. The first-order valence-electron chi connectivity index (χ1n) is 6.07. The molecule has 1 aromatic heterocycles. The van der Waals surface area contributed by atoms with Gasteiger partial charge in [0.1, 0.15) is 17.9 Å². The third kappa shape index (κ3) is 3.56. The number of aromatic nitrogens is 2. The molecule has 1 unspecified atom stereocenters. The number of rotatable bonds is 3. The number of hydrogen-bond acceptors (Lipinski definition) is 4. The predicted octanol–water partition coefficient (Wildman–Crippen LogP) is 1.84. The van der Waals surface area contributed by atoms with Gasteiger partial charge in [0.25, 0.3) is 0 Å². The molecular formula is C13H21N3O3. The highest BCUT2D eigenvalue weighted by Crippen LogP contribution is 2.22. The molecule has 1 aromatic rings. The number of likely N-dealkylation sites (N-methyl/N-ethyl adjacent to an activating group) is 1. The number of carbonyl (C=O) groups excluding carboxylic acids is 2. The highest BCUT2D eigenvalue weighted by atomic mass is 16.6. The Morgan fingerprint density at radius 1 is 1.53 bits per heavy atom. The number of carbonyl (C=O) groups is 2. The van der Waals surface area contributed by atoms with Crippen LogP contribution in [-0.4, -0.2) is 39.7 Å². The Hall–Kier alpha value is -1.85. The number of aldehydes is 1. The van der Waals surface area contributed by atoms with Gasteiger partial charge in [0.05, 0.1) is 11.9 Å². The first kappa shape index (κ1) is 15.2. The molecule has 0 radical (unpaired) electrons. The highest BCUT2D eigenvalue weighted by molar-refractivity contribution is 5.74. The lowest BCUT2D eigenvalue weighted by atomic mass is 10.1. The van der Waals surface area contributed by atoms with Crippen molar-refractivity contribution in [2.24, 2.45) is 7.05 Å². The summed E-state index contributed by atoms with van der Waals surface area (Å²) in [4.78, 5) is 24.6. The summed E-state index contributed by atoms with van der Waals surface area (Å²) in [6.45, 7) is 7.19. The van der Waals surface area contributed by atoms with Crippen LogP contribution in [0.3, 0.4) is 0 Å². The molecule has 6 heteroatoms. The fourth-order valence-corrected chi connectivity index (χ4v) is 1.77. The van der Waals surface area contributed by atoms with E-state index >= 15 is 0 Å². The van der Waals surface area contributed by atoms with Gasteiger partial charge in [-0.15, -0.1) is 0 Å². The van der Waals surface area contributed by atoms with Crippen molar-refractivity contribution in [2.45, 2.75) is 39.3 Å². The van der Waals surface area contributed by atoms with E-state index in [-0.39, 0.29) is 0 Å². The predicted molar refractivity (Wildman–Crippen MR) is 70.7 cm³/mol. The van der Waals surface area contributed by atoms with Crippen LogP contribution in [0.25, 0.3) is 0 Å². The van der Waals surface area contributed by atoms with Crippen LogP contribution in [0.1, 0.15) is 38.1 Å². The van der Waals surface area contributed by atoms with Crippen molar-refractivity contribution in [3.05, 3.63) is 17.5 Å². The lowest BCUT2D eigenvalue weighted by molar-refractivity contribution is -0.112. The average molecular weight is 267 g/mol. The number of ether oxygens (including phenoxy) is 1. The molecule has 0 aliphatic heterocycles. The number of nitrogens with zero attached hydrogens (tertiary/aromatic N) is 3. The maximum Gasteiger partial charge on any atom is 0.410 e. The maximum absolute atomic E-state index is 12.0. The van der Waals surface area contributed by atoms with Crippen molar-refractivity contribution in [1.82, 2.24) is 14.7 Å². The minimum Gasteiger partial charge on any atom is -0.444 e. The summed E-state index contributed by atoms with van der Waals surface area (Å²) in [6.07, 6.45) is 1.84. The van der Waals surface area contributed by atoms with Gasteiger partial charge in [-0.3, -0.25) is 9.58 Å². The van der Waals surface area contributed by atoms with Crippen LogP contribution in [0.5, 0.6) is 0 Å². The van der Waals surface area contributed by atoms with Gasteiger partial charge < -0.3 is 9.53 Å². The Bertz CT molecular complexity index is 454. The summed E-state index contributed by atoms with van der Waals surface area (Å²) >= 11 is 0. The molecule has 1 amide bonds. The lowest BCUT2D eigenvalue weighted by Gasteiger charge is -2.28. The van der Waals surface area contributed by atoms with E-state index in [0.29, 0.717) is 12.0 Å². The summed E-state index contributed by atoms with van der Waals surface area (Å²) in [6, 6.07) is -0.706. The minimum absolute atomic E-state index is 0.537. The van der Waals surface area contributed by atoms with Crippen molar-refractivity contribution < 1.29 is 14.3 Å². The van der Waals surface area contributed by atoms with Crippen LogP contribution < -0.4 is 0 Å². The molecule has 1 heterocycles. The molecule has 0 saturated carbocycles. The van der Waals surface area contributed by atoms with Gasteiger partial charge in [-0.25, -0.2) is 4.79 Å². The maximum atomic E-state index is 12.0. The van der Waals surface area contributed by atoms with Crippen molar-refractivity contribution in [2.75, 3.05) is 7.05 Å². The van der Waals surface area contributed by atoms with E-state index in [1.54, 1.807) is 45.7 Å². The highest BCUT2D eigenvalue weighted by Gasteiger charge is 2.28. The molecular weight excluding hydrogens is 246 g/mol. The zero-order valence-corrected chi connectivity index (χ0v) is 12.3. The third-order valence-electron chi connectivity index (χ3n) is 2.69. The van der Waals surface area contributed by atoms with Gasteiger partial charge in [0.2, 0.25) is 0 Å². The molecule has 0 aliphatic carbocycles. The Kier molecular flexibility index (Phi) is 4.34. The quantitative estimate of drug-likeness (QED) is 0.784. The van der Waals surface area contributed by atoms with Crippen LogP contribution in [0.2, 0.25) is 0 Å². The van der Waals surface area contributed by atoms with E-state index in [4.69, 9.17) is 4.74 Å². The largest absolute Gasteiger partial charge is 0.444 e. The number of aryl methyl sites for hydroxylation is 2. The van der Waals surface area contributed by atoms with Crippen LogP contribution in [0.15, 0.2) is 6.20 Å². The van der Waals surface area contributed by atoms with E-state index in [9.17, 15) is 9.59 Å². The van der Waals surface area contributed by atoms with E-state index in [1.807, 2.05) is 6.92 Å². The molecule has 6 nitrogen and oxygen atoms in total. The van der Waals surface area contributed by atoms with Gasteiger partial charge in [-0.1, -0.05) is 0 Å². The van der Waals surface area contributed by atoms with Gasteiger partial charge in [-0.2, -0.15) is 5.10 Å². The molecule has 1 atom stereocenters. The van der Waals surface area contributed by atoms with Crippen molar-refractivity contribution in [3.63, 3.8) is 0 Å². The Morgan fingerprint density at radius 2 is 2.11 bits per heavy atom. The van der Waals surface area contributed by atoms with E-state index in [0.717, 1.165) is 5.56 Å². The standard InChI is InChI=1S/C13H21N3O3/c1-9-7-14-16(6)11(9)10(8-17)15(5)12(18)19-13(2,3)4/h7-8,10H,1-6H3. The summed E-state index contributed by atoms with van der Waals surface area (Å²) in [5.74, 6) is 0. The zero-order chi connectivity index (χ0) is 14.8. The summed E-state index contributed by atoms with van der Waals surface area (Å²) in [5, 5.41) is 4.08. The summed E-state index contributed by atoms with van der Waals surface area (Å²) < 4.78 is 6.85. The molecule has 0 spiro atoms. The summed E-state index contributed by atoms with van der Waals surface area (Å²) in [5.41, 5.74) is 0.943. The molecule has 0 aromatic carbocycles. The smallest absolute Gasteiger partial charge is 0.410 e. The van der Waals surface area contributed by atoms with Crippen molar-refractivity contribution >= 4 is 12.4 Å². The SMILES string of the molecule is Cc1cnn(C)c1C(C=O)N(C)C(=O)OC(C)(C)C. The molecule has 19 heavy (non-hydrogen) atoms. The molecule has 0 saturated heterocycles. The topological polar surface area (TPSA) is 64.4 Å². The Balaban J connectivity index is 2.98. The second-order valence-corrected chi connectivity index (χ2v) is 5.51. The molecule has 0 fully saturated rings. The zero-order valence-electron chi connectivity index (χ0n) is 12.3. The van der Waals surface area contributed by atoms with Crippen molar-refractivity contribution in [1.29, 1.82) is 0 Å². The molecule has 0 bridgehead atoms. The fraction of sp³-hybridized carbons (Fsp3) is 0.615. The molecule has 106 valence electrons. The molecule has 1 rings (SSSR count). The monoisotopic (exact) mass is 267 g/mol. The van der Waals surface area contributed by atoms with Crippen LogP contribution >= 0.6 is 0 Å². The van der Waals surface area contributed by atoms with Crippen LogP contribution in [0, 0.1) is 6.92 Å². The van der Waals surface area contributed by atoms with Gasteiger partial charge in [-0.05, 0) is 33.3 Å². The van der Waals surface area contributed by atoms with Crippen molar-refractivity contribution in [3.8, 4) is 0 Å². The fourth-order valence-electron chi connectivity index (χ4n) is 1.77. The lowest BCUT2D eigenvalue weighted by Crippen LogP contribution is -2.38. The van der Waals surface area contributed by atoms with Crippen LogP contribution in [-0.2, 0) is 16.6 Å². The average Bonchev–Trinajstić information content (AvgIpc) is 2.59. The summed E-state index contributed by atoms with van der Waals surface area (Å²) in [7, 11) is 3.28. The Labute approximate surface area is 113 Å². The minimum atomic E-state index is -0.706. The second kappa shape index (κ2) is 5.42. The van der Waals surface area contributed by atoms with E-state index in [1.165, 1.54) is 4.90 Å². The molecule has 0 N–H and O–H groups in total. The number of amides is 1. The van der Waals surface area contributed by atoms with E-state index in [2.05, 4.69) is 5.10 Å². The van der Waals surface area contributed by atoms with Gasteiger partial charge in [0, 0.05) is 14.1 Å².